The Kier molecular flexibility index (Phi) is 5.69. The molecule has 7 aromatic rings. The monoisotopic (exact) mass is 494 g/mol. The largest absolute Gasteiger partial charge is 0.290 e. The van der Waals surface area contributed by atoms with Crippen LogP contribution in [0.1, 0.15) is 5.69 Å². The predicted octanol–water partition coefficient (Wildman–Crippen LogP) is 6.60. The Morgan fingerprint density at radius 2 is 0.821 bits per heavy atom. The van der Waals surface area contributed by atoms with Crippen LogP contribution in [0.15, 0.2) is 152 Å². The highest BCUT2D eigenvalue weighted by Crippen LogP contribution is 2.20. The standard InChI is InChI=1S/C37H25BN/c1-4-12-31-25-34(19-16-28(31)9-1)38(23-22-37-15-7-8-24-39-37,35-20-17-29-10-2-5-13-32(29)26-35)36-21-18-30-11-3-6-14-33(30)27-36/h1-21,24-27H/q-1. The summed E-state index contributed by atoms with van der Waals surface area (Å²) in [6.45, 7) is 0. The van der Waals surface area contributed by atoms with Crippen LogP contribution in [0, 0.1) is 11.7 Å². The molecule has 1 aromatic heterocycles. The number of aromatic nitrogens is 1. The van der Waals surface area contributed by atoms with Crippen LogP contribution in [0.4, 0.5) is 0 Å². The van der Waals surface area contributed by atoms with Crippen molar-refractivity contribution in [1.29, 1.82) is 0 Å². The molecule has 0 saturated heterocycles. The van der Waals surface area contributed by atoms with E-state index in [4.69, 9.17) is 0 Å². The summed E-state index contributed by atoms with van der Waals surface area (Å²) in [5.74, 6) is 7.33. The van der Waals surface area contributed by atoms with Crippen molar-refractivity contribution < 1.29 is 0 Å². The normalized spacial score (nSPS) is 11.4. The first kappa shape index (κ1) is 23.0. The van der Waals surface area contributed by atoms with Gasteiger partial charge in [0.15, 0.2) is 0 Å². The third kappa shape index (κ3) is 4.15. The van der Waals surface area contributed by atoms with Crippen molar-refractivity contribution in [3.8, 4) is 11.7 Å². The average Bonchev–Trinajstić information content (AvgIpc) is 3.01. The SMILES string of the molecule is C(#C[B-](c1ccc2ccccc2c1)(c1ccc2ccccc2c1)c1ccc2ccccc2c1)c1ccccn1. The van der Waals surface area contributed by atoms with Crippen LogP contribution >= 0.6 is 0 Å². The van der Waals surface area contributed by atoms with Gasteiger partial charge in [0.05, 0.1) is 0 Å². The molecule has 0 aliphatic rings. The molecule has 0 amide bonds. The maximum absolute atomic E-state index is 4.55. The Morgan fingerprint density at radius 3 is 1.23 bits per heavy atom. The number of nitrogens with zero attached hydrogens (tertiary/aromatic N) is 1. The molecule has 0 unspecified atom stereocenters. The molecule has 39 heavy (non-hydrogen) atoms. The molecule has 0 bridgehead atoms. The summed E-state index contributed by atoms with van der Waals surface area (Å²) in [6.07, 6.45) is 0.120. The van der Waals surface area contributed by atoms with Crippen LogP contribution < -0.4 is 16.4 Å². The van der Waals surface area contributed by atoms with Gasteiger partial charge in [-0.2, -0.15) is 16.4 Å². The quantitative estimate of drug-likeness (QED) is 0.199. The van der Waals surface area contributed by atoms with Gasteiger partial charge >= 0.3 is 0 Å². The summed E-state index contributed by atoms with van der Waals surface area (Å²) in [6, 6.07) is 52.0. The highest BCUT2D eigenvalue weighted by molar-refractivity contribution is 7.17. The molecule has 0 spiro atoms. The summed E-state index contributed by atoms with van der Waals surface area (Å²) < 4.78 is 0. The van der Waals surface area contributed by atoms with Crippen molar-refractivity contribution in [2.45, 2.75) is 0 Å². The van der Waals surface area contributed by atoms with Gasteiger partial charge in [-0.1, -0.05) is 139 Å². The Morgan fingerprint density at radius 1 is 0.410 bits per heavy atom. The molecule has 6 aromatic carbocycles. The van der Waals surface area contributed by atoms with Gasteiger partial charge in [-0.25, -0.2) is 4.98 Å². The van der Waals surface area contributed by atoms with Crippen molar-refractivity contribution in [1.82, 2.24) is 4.98 Å². The van der Waals surface area contributed by atoms with E-state index in [1.807, 2.05) is 18.2 Å². The van der Waals surface area contributed by atoms with E-state index in [1.165, 1.54) is 48.7 Å². The van der Waals surface area contributed by atoms with Crippen LogP contribution in [-0.2, 0) is 0 Å². The summed E-state index contributed by atoms with van der Waals surface area (Å²) in [4.78, 5) is 4.55. The van der Waals surface area contributed by atoms with Gasteiger partial charge in [-0.05, 0) is 44.5 Å². The first-order valence-electron chi connectivity index (χ1n) is 13.4. The molecule has 0 N–H and O–H groups in total. The average molecular weight is 494 g/mol. The zero-order valence-corrected chi connectivity index (χ0v) is 21.5. The van der Waals surface area contributed by atoms with Crippen molar-refractivity contribution in [3.63, 3.8) is 0 Å². The Hall–Kier alpha value is -5.13. The van der Waals surface area contributed by atoms with Gasteiger partial charge in [0.2, 0.25) is 0 Å². The number of benzene rings is 6. The third-order valence-electron chi connectivity index (χ3n) is 7.90. The summed E-state index contributed by atoms with van der Waals surface area (Å²) in [5, 5.41) is 7.30. The van der Waals surface area contributed by atoms with Gasteiger partial charge in [0.1, 0.15) is 11.8 Å². The Bertz CT molecular complexity index is 1840. The molecule has 0 saturated carbocycles. The second-order valence-corrected chi connectivity index (χ2v) is 10.2. The lowest BCUT2D eigenvalue weighted by Crippen LogP contribution is -2.66. The van der Waals surface area contributed by atoms with Crippen LogP contribution in [0.2, 0.25) is 0 Å². The van der Waals surface area contributed by atoms with E-state index in [0.29, 0.717) is 0 Å². The van der Waals surface area contributed by atoms with E-state index in [1.54, 1.807) is 6.20 Å². The van der Waals surface area contributed by atoms with Crippen molar-refractivity contribution in [2.24, 2.45) is 0 Å². The fourth-order valence-corrected chi connectivity index (χ4v) is 5.88. The first-order valence-corrected chi connectivity index (χ1v) is 13.4. The molecule has 0 aliphatic heterocycles. The van der Waals surface area contributed by atoms with E-state index in [-0.39, 0.29) is 0 Å². The zero-order valence-electron chi connectivity index (χ0n) is 21.5. The maximum Gasteiger partial charge on any atom is 0.149 e. The lowest BCUT2D eigenvalue weighted by molar-refractivity contribution is 1.29. The molecule has 0 fully saturated rings. The molecule has 0 atom stereocenters. The third-order valence-corrected chi connectivity index (χ3v) is 7.90. The van der Waals surface area contributed by atoms with Gasteiger partial charge in [-0.3, -0.25) is 5.82 Å². The number of fused-ring (bicyclic) bond motifs is 3. The second-order valence-electron chi connectivity index (χ2n) is 10.2. The number of hydrogen-bond acceptors (Lipinski definition) is 1. The molecule has 7 rings (SSSR count). The summed E-state index contributed by atoms with van der Waals surface area (Å²) in [5.41, 5.74) is 4.36. The molecular weight excluding hydrogens is 469 g/mol. The summed E-state index contributed by atoms with van der Waals surface area (Å²) >= 11 is 0. The maximum atomic E-state index is 4.55. The molecule has 2 heteroatoms. The molecular formula is C37H25BN-. The Labute approximate surface area is 228 Å². The van der Waals surface area contributed by atoms with Crippen LogP contribution in [0.5, 0.6) is 0 Å². The highest BCUT2D eigenvalue weighted by Gasteiger charge is 2.29. The molecule has 0 aliphatic carbocycles. The molecule has 0 radical (unpaired) electrons. The van der Waals surface area contributed by atoms with Crippen molar-refractivity contribution in [2.75, 3.05) is 0 Å². The summed E-state index contributed by atoms with van der Waals surface area (Å²) in [7, 11) is 0. The topological polar surface area (TPSA) is 12.9 Å². The van der Waals surface area contributed by atoms with Crippen LogP contribution in [0.25, 0.3) is 32.3 Å². The number of hydrogen-bond donors (Lipinski definition) is 0. The molecule has 1 nitrogen and oxygen atoms in total. The molecule has 182 valence electrons. The van der Waals surface area contributed by atoms with Crippen molar-refractivity contribution >= 4 is 54.9 Å². The van der Waals surface area contributed by atoms with Crippen molar-refractivity contribution in [3.05, 3.63) is 157 Å². The lowest BCUT2D eigenvalue weighted by Gasteiger charge is -2.39. The lowest BCUT2D eigenvalue weighted by atomic mass is 9.16. The zero-order chi connectivity index (χ0) is 26.1. The fourth-order valence-electron chi connectivity index (χ4n) is 5.88. The van der Waals surface area contributed by atoms with Crippen LogP contribution in [-0.4, -0.2) is 11.1 Å². The molecule has 1 heterocycles. The van der Waals surface area contributed by atoms with Gasteiger partial charge in [-0.15, -0.1) is 0 Å². The first-order chi connectivity index (χ1) is 19.3. The van der Waals surface area contributed by atoms with E-state index >= 15 is 0 Å². The van der Waals surface area contributed by atoms with Gasteiger partial charge in [0, 0.05) is 6.20 Å². The predicted molar refractivity (Wildman–Crippen MR) is 168 cm³/mol. The van der Waals surface area contributed by atoms with E-state index in [9.17, 15) is 0 Å². The minimum Gasteiger partial charge on any atom is -0.290 e. The second kappa shape index (κ2) is 9.64. The fraction of sp³-hybridized carbons (Fsp3) is 0. The van der Waals surface area contributed by atoms with Gasteiger partial charge < -0.3 is 0 Å². The number of pyridine rings is 1. The number of rotatable bonds is 3. The minimum atomic E-state index is -1.69. The van der Waals surface area contributed by atoms with E-state index in [0.717, 1.165) is 5.69 Å². The minimum absolute atomic E-state index is 0.770. The Balaban J connectivity index is 1.60. The highest BCUT2D eigenvalue weighted by atomic mass is 14.6. The smallest absolute Gasteiger partial charge is 0.149 e. The van der Waals surface area contributed by atoms with Crippen LogP contribution in [0.3, 0.4) is 0 Å². The van der Waals surface area contributed by atoms with E-state index < -0.39 is 6.15 Å². The van der Waals surface area contributed by atoms with Gasteiger partial charge in [0.25, 0.3) is 0 Å². The van der Waals surface area contributed by atoms with E-state index in [2.05, 4.69) is 144 Å².